The van der Waals surface area contributed by atoms with E-state index in [9.17, 15) is 27.7 Å². The van der Waals surface area contributed by atoms with E-state index in [4.69, 9.17) is 0 Å². The van der Waals surface area contributed by atoms with Crippen molar-refractivity contribution in [1.82, 2.24) is 9.97 Å². The number of nitro groups is 1. The van der Waals surface area contributed by atoms with Crippen molar-refractivity contribution in [3.63, 3.8) is 0 Å². The molecule has 0 atom stereocenters. The summed E-state index contributed by atoms with van der Waals surface area (Å²) in [6, 6.07) is 3.50. The molecule has 1 heterocycles. The third-order valence-electron chi connectivity index (χ3n) is 2.92. The molecule has 0 bridgehead atoms. The second-order valence-corrected chi connectivity index (χ2v) is 6.38. The van der Waals surface area contributed by atoms with Crippen LogP contribution in [0.3, 0.4) is 0 Å². The van der Waals surface area contributed by atoms with Crippen molar-refractivity contribution in [3.05, 3.63) is 45.9 Å². The quantitative estimate of drug-likeness (QED) is 0.466. The van der Waals surface area contributed by atoms with Gasteiger partial charge in [0.05, 0.1) is 4.92 Å². The Labute approximate surface area is 145 Å². The van der Waals surface area contributed by atoms with Crippen molar-refractivity contribution < 1.29 is 22.5 Å². The van der Waals surface area contributed by atoms with Gasteiger partial charge in [0.2, 0.25) is 11.8 Å². The van der Waals surface area contributed by atoms with Gasteiger partial charge in [-0.15, -0.1) is 0 Å². The maximum atomic E-state index is 13.4. The molecule has 0 fully saturated rings. The number of nitro benzene ring substituents is 1. The maximum Gasteiger partial charge on any atom is 0.433 e. The monoisotopic (exact) mass is 373 g/mol. The lowest BCUT2D eigenvalue weighted by Gasteiger charge is -2.21. The van der Waals surface area contributed by atoms with Gasteiger partial charge in [-0.3, -0.25) is 10.1 Å². The van der Waals surface area contributed by atoms with Gasteiger partial charge in [-0.2, -0.15) is 22.5 Å². The molecule has 7 nitrogen and oxygen atoms in total. The molecule has 0 saturated heterocycles. The molecule has 2 aromatic rings. The normalized spacial score (nSPS) is 12.0. The number of alkyl halides is 3. The highest BCUT2D eigenvalue weighted by Crippen LogP contribution is 2.31. The molecule has 26 heavy (non-hydrogen) atoms. The smallest absolute Gasteiger partial charge is 0.350 e. The summed E-state index contributed by atoms with van der Waals surface area (Å²) in [4.78, 5) is 17.2. The first-order valence-corrected chi connectivity index (χ1v) is 7.30. The van der Waals surface area contributed by atoms with Crippen molar-refractivity contribution >= 4 is 23.1 Å². The van der Waals surface area contributed by atoms with Gasteiger partial charge in [-0.05, 0) is 32.9 Å². The molecule has 11 heteroatoms. The van der Waals surface area contributed by atoms with E-state index in [0.29, 0.717) is 6.07 Å². The predicted octanol–water partition coefficient (Wildman–Crippen LogP) is 4.50. The lowest BCUT2D eigenvalue weighted by Crippen LogP contribution is -2.28. The summed E-state index contributed by atoms with van der Waals surface area (Å²) < 4.78 is 52.5. The van der Waals surface area contributed by atoms with Gasteiger partial charge in [0.15, 0.2) is 5.69 Å². The molecule has 1 aromatic carbocycles. The zero-order valence-electron chi connectivity index (χ0n) is 14.0. The van der Waals surface area contributed by atoms with Crippen molar-refractivity contribution in [2.24, 2.45) is 0 Å². The largest absolute Gasteiger partial charge is 0.433 e. The van der Waals surface area contributed by atoms with E-state index in [1.54, 1.807) is 20.8 Å². The summed E-state index contributed by atoms with van der Waals surface area (Å²) >= 11 is 0. The van der Waals surface area contributed by atoms with Crippen molar-refractivity contribution in [2.75, 3.05) is 10.6 Å². The van der Waals surface area contributed by atoms with Crippen LogP contribution in [0.1, 0.15) is 26.5 Å². The van der Waals surface area contributed by atoms with Crippen molar-refractivity contribution in [1.29, 1.82) is 0 Å². The fourth-order valence-corrected chi connectivity index (χ4v) is 1.93. The Balaban J connectivity index is 2.44. The predicted molar refractivity (Wildman–Crippen MR) is 86.7 cm³/mol. The summed E-state index contributed by atoms with van der Waals surface area (Å²) in [5.41, 5.74) is -2.60. The number of rotatable bonds is 4. The van der Waals surface area contributed by atoms with E-state index in [1.165, 1.54) is 0 Å². The topological polar surface area (TPSA) is 93.0 Å². The molecule has 0 aliphatic carbocycles. The van der Waals surface area contributed by atoms with Gasteiger partial charge in [-0.25, -0.2) is 4.98 Å². The Morgan fingerprint density at radius 3 is 2.31 bits per heavy atom. The number of hydrogen-bond acceptors (Lipinski definition) is 6. The second kappa shape index (κ2) is 6.73. The van der Waals surface area contributed by atoms with Crippen LogP contribution >= 0.6 is 0 Å². The molecule has 1 aromatic heterocycles. The van der Waals surface area contributed by atoms with Crippen molar-refractivity contribution in [3.8, 4) is 0 Å². The average Bonchev–Trinajstić information content (AvgIpc) is 2.46. The molecular weight excluding hydrogens is 358 g/mol. The summed E-state index contributed by atoms with van der Waals surface area (Å²) in [6.45, 7) is 5.15. The molecular formula is C15H15F4N5O2. The first-order valence-electron chi connectivity index (χ1n) is 7.30. The molecule has 140 valence electrons. The van der Waals surface area contributed by atoms with Gasteiger partial charge in [0.25, 0.3) is 0 Å². The number of hydrogen-bond donors (Lipinski definition) is 2. The van der Waals surface area contributed by atoms with E-state index in [-0.39, 0.29) is 17.5 Å². The third-order valence-corrected chi connectivity index (χ3v) is 2.92. The number of benzene rings is 1. The highest BCUT2D eigenvalue weighted by Gasteiger charge is 2.34. The number of halogens is 4. The van der Waals surface area contributed by atoms with Crippen LogP contribution in [0.2, 0.25) is 0 Å². The summed E-state index contributed by atoms with van der Waals surface area (Å²) in [5.74, 6) is -1.58. The first-order chi connectivity index (χ1) is 11.8. The van der Waals surface area contributed by atoms with E-state index < -0.39 is 33.8 Å². The first kappa shape index (κ1) is 19.3. The van der Waals surface area contributed by atoms with E-state index in [0.717, 1.165) is 18.2 Å². The number of nitrogens with one attached hydrogen (secondary N) is 2. The number of anilines is 3. The molecule has 0 aliphatic rings. The van der Waals surface area contributed by atoms with Gasteiger partial charge >= 0.3 is 11.9 Å². The lowest BCUT2D eigenvalue weighted by atomic mass is 10.1. The van der Waals surface area contributed by atoms with Crippen LogP contribution in [0.4, 0.5) is 40.7 Å². The van der Waals surface area contributed by atoms with E-state index >= 15 is 0 Å². The SMILES string of the molecule is CC(C)(C)Nc1nc(Nc2ccc(F)c([N+](=O)[O-])c2)cc(C(F)(F)F)n1. The molecule has 0 saturated carbocycles. The Hall–Kier alpha value is -2.98. The van der Waals surface area contributed by atoms with Gasteiger partial charge in [0.1, 0.15) is 5.82 Å². The van der Waals surface area contributed by atoms with Crippen molar-refractivity contribution in [2.45, 2.75) is 32.5 Å². The van der Waals surface area contributed by atoms with Crippen LogP contribution in [0.5, 0.6) is 0 Å². The zero-order chi connectivity index (χ0) is 19.7. The summed E-state index contributed by atoms with van der Waals surface area (Å²) in [7, 11) is 0. The number of aromatic nitrogens is 2. The third kappa shape index (κ3) is 5.01. The Bertz CT molecular complexity index is 834. The number of nitrogens with zero attached hydrogens (tertiary/aromatic N) is 3. The minimum absolute atomic E-state index is 0.00614. The fourth-order valence-electron chi connectivity index (χ4n) is 1.93. The second-order valence-electron chi connectivity index (χ2n) is 6.38. The maximum absolute atomic E-state index is 13.4. The molecule has 2 N–H and O–H groups in total. The van der Waals surface area contributed by atoms with Crippen LogP contribution < -0.4 is 10.6 Å². The lowest BCUT2D eigenvalue weighted by molar-refractivity contribution is -0.387. The fraction of sp³-hybridized carbons (Fsp3) is 0.333. The molecule has 2 rings (SSSR count). The molecule has 0 unspecified atom stereocenters. The van der Waals surface area contributed by atoms with Gasteiger partial charge in [-0.1, -0.05) is 0 Å². The Morgan fingerprint density at radius 1 is 1.12 bits per heavy atom. The van der Waals surface area contributed by atoms with Crippen LogP contribution in [0.25, 0.3) is 0 Å². The summed E-state index contributed by atoms with van der Waals surface area (Å²) in [5, 5.41) is 16.0. The molecule has 0 spiro atoms. The van der Waals surface area contributed by atoms with E-state index in [2.05, 4.69) is 20.6 Å². The van der Waals surface area contributed by atoms with Crippen LogP contribution in [-0.4, -0.2) is 20.4 Å². The van der Waals surface area contributed by atoms with Crippen LogP contribution in [0.15, 0.2) is 24.3 Å². The van der Waals surface area contributed by atoms with Gasteiger partial charge < -0.3 is 10.6 Å². The van der Waals surface area contributed by atoms with E-state index in [1.807, 2.05) is 0 Å². The zero-order valence-corrected chi connectivity index (χ0v) is 14.0. The molecule has 0 amide bonds. The standard InChI is InChI=1S/C15H15F4N5O2/c1-14(2,3)23-13-21-11(15(17,18)19)7-12(22-13)20-8-4-5-9(16)10(6-8)24(25)26/h4-7H,1-3H3,(H2,20,21,22,23). The van der Waals surface area contributed by atoms with Crippen LogP contribution in [0, 0.1) is 15.9 Å². The average molecular weight is 373 g/mol. The Kier molecular flexibility index (Phi) is 5.01. The van der Waals surface area contributed by atoms with Crippen LogP contribution in [-0.2, 0) is 6.18 Å². The highest BCUT2D eigenvalue weighted by molar-refractivity contribution is 5.61. The highest BCUT2D eigenvalue weighted by atomic mass is 19.4. The molecule has 0 aliphatic heterocycles. The molecule has 0 radical (unpaired) electrons. The minimum atomic E-state index is -4.72. The Morgan fingerprint density at radius 2 is 1.77 bits per heavy atom. The minimum Gasteiger partial charge on any atom is -0.350 e. The summed E-state index contributed by atoms with van der Waals surface area (Å²) in [6.07, 6.45) is -4.72. The van der Waals surface area contributed by atoms with Gasteiger partial charge in [0, 0.05) is 23.4 Å².